The van der Waals surface area contributed by atoms with Gasteiger partial charge >= 0.3 is 0 Å². The van der Waals surface area contributed by atoms with Gasteiger partial charge in [-0.15, -0.1) is 0 Å². The molecule has 94 valence electrons. The minimum atomic E-state index is -0.0987. The zero-order valence-electron chi connectivity index (χ0n) is 10.4. The summed E-state index contributed by atoms with van der Waals surface area (Å²) >= 11 is 0. The number of nitrogens with one attached hydrogen (secondary N) is 1. The first kappa shape index (κ1) is 13.7. The second kappa shape index (κ2) is 7.04. The van der Waals surface area contributed by atoms with E-state index in [1.54, 1.807) is 0 Å². The van der Waals surface area contributed by atoms with Gasteiger partial charge in [0.15, 0.2) is 0 Å². The lowest BCUT2D eigenvalue weighted by Crippen LogP contribution is -2.17. The zero-order valence-corrected chi connectivity index (χ0v) is 10.4. The lowest BCUT2D eigenvalue weighted by atomic mass is 10.1. The van der Waals surface area contributed by atoms with Crippen molar-refractivity contribution in [2.45, 2.75) is 26.3 Å². The van der Waals surface area contributed by atoms with E-state index in [4.69, 9.17) is 10.5 Å². The summed E-state index contributed by atoms with van der Waals surface area (Å²) in [6, 6.07) is 7.47. The Hall–Kier alpha value is -1.39. The highest BCUT2D eigenvalue weighted by atomic mass is 16.5. The molecule has 0 bridgehead atoms. The molecule has 1 aromatic carbocycles. The topological polar surface area (TPSA) is 64.3 Å². The molecule has 1 atom stereocenters. The first-order chi connectivity index (χ1) is 8.15. The van der Waals surface area contributed by atoms with E-state index >= 15 is 0 Å². The van der Waals surface area contributed by atoms with Gasteiger partial charge in [0.1, 0.15) is 0 Å². The van der Waals surface area contributed by atoms with Gasteiger partial charge in [0, 0.05) is 18.3 Å². The minimum Gasteiger partial charge on any atom is -0.381 e. The molecule has 4 heteroatoms. The van der Waals surface area contributed by atoms with Gasteiger partial charge in [-0.2, -0.15) is 0 Å². The Morgan fingerprint density at radius 2 is 2.18 bits per heavy atom. The number of rotatable bonds is 6. The van der Waals surface area contributed by atoms with Crippen molar-refractivity contribution < 1.29 is 9.53 Å². The maximum absolute atomic E-state index is 11.6. The number of benzene rings is 1. The lowest BCUT2D eigenvalue weighted by Gasteiger charge is -2.13. The number of carbonyl (C=O) groups is 1. The number of hydrogen-bond donors (Lipinski definition) is 2. The van der Waals surface area contributed by atoms with Crippen molar-refractivity contribution in [3.63, 3.8) is 0 Å². The van der Waals surface area contributed by atoms with E-state index in [-0.39, 0.29) is 11.9 Å². The molecule has 1 amide bonds. The summed E-state index contributed by atoms with van der Waals surface area (Å²) in [4.78, 5) is 11.6. The fourth-order valence-electron chi connectivity index (χ4n) is 1.53. The maximum atomic E-state index is 11.6. The van der Waals surface area contributed by atoms with Crippen molar-refractivity contribution in [2.75, 3.05) is 18.5 Å². The number of carbonyl (C=O) groups excluding carboxylic acids is 1. The van der Waals surface area contributed by atoms with Gasteiger partial charge < -0.3 is 15.8 Å². The van der Waals surface area contributed by atoms with Crippen molar-refractivity contribution in [1.29, 1.82) is 0 Å². The first-order valence-corrected chi connectivity index (χ1v) is 5.87. The summed E-state index contributed by atoms with van der Waals surface area (Å²) < 4.78 is 5.13. The van der Waals surface area contributed by atoms with Gasteiger partial charge in [-0.1, -0.05) is 18.2 Å². The van der Waals surface area contributed by atoms with E-state index in [1.807, 2.05) is 38.1 Å². The van der Waals surface area contributed by atoms with Crippen LogP contribution >= 0.6 is 0 Å². The fraction of sp³-hybridized carbons (Fsp3) is 0.462. The monoisotopic (exact) mass is 236 g/mol. The van der Waals surface area contributed by atoms with E-state index in [1.165, 1.54) is 0 Å². The average molecular weight is 236 g/mol. The first-order valence-electron chi connectivity index (χ1n) is 5.87. The Morgan fingerprint density at radius 3 is 2.82 bits per heavy atom. The Balaban J connectivity index is 2.58. The summed E-state index contributed by atoms with van der Waals surface area (Å²) in [5, 5.41) is 2.85. The molecule has 0 radical (unpaired) electrons. The van der Waals surface area contributed by atoms with Crippen LogP contribution in [-0.4, -0.2) is 19.1 Å². The molecule has 0 aliphatic rings. The predicted molar refractivity (Wildman–Crippen MR) is 68.8 cm³/mol. The Labute approximate surface area is 102 Å². The molecule has 3 N–H and O–H groups in total. The summed E-state index contributed by atoms with van der Waals surface area (Å²) in [7, 11) is 0. The Kier molecular flexibility index (Phi) is 5.66. The molecular weight excluding hydrogens is 216 g/mol. The second-order valence-electron chi connectivity index (χ2n) is 3.87. The predicted octanol–water partition coefficient (Wildman–Crippen LogP) is 2.07. The second-order valence-corrected chi connectivity index (χ2v) is 3.87. The molecule has 1 rings (SSSR count). The molecule has 4 nitrogen and oxygen atoms in total. The molecule has 0 heterocycles. The van der Waals surface area contributed by atoms with Crippen LogP contribution in [0, 0.1) is 0 Å². The molecule has 17 heavy (non-hydrogen) atoms. The maximum Gasteiger partial charge on any atom is 0.226 e. The van der Waals surface area contributed by atoms with Crippen LogP contribution in [-0.2, 0) is 9.53 Å². The molecule has 0 saturated carbocycles. The summed E-state index contributed by atoms with van der Waals surface area (Å²) in [6.45, 7) is 4.88. The molecule has 1 aromatic rings. The van der Waals surface area contributed by atoms with Crippen LogP contribution < -0.4 is 11.1 Å². The van der Waals surface area contributed by atoms with Gasteiger partial charge in [0.2, 0.25) is 5.91 Å². The number of anilines is 1. The molecule has 0 aliphatic carbocycles. The van der Waals surface area contributed by atoms with Gasteiger partial charge in [-0.3, -0.25) is 4.79 Å². The molecule has 0 aromatic heterocycles. The third-order valence-corrected chi connectivity index (χ3v) is 2.40. The standard InChI is InChI=1S/C13H20N2O2/c1-3-17-9-8-13(16)15-12-7-5-4-6-11(12)10(2)14/h4-7,10H,3,8-9,14H2,1-2H3,(H,15,16). The summed E-state index contributed by atoms with van der Waals surface area (Å²) in [6.07, 6.45) is 0.362. The highest BCUT2D eigenvalue weighted by Crippen LogP contribution is 2.20. The van der Waals surface area contributed by atoms with E-state index in [0.717, 1.165) is 11.3 Å². The van der Waals surface area contributed by atoms with Crippen molar-refractivity contribution in [3.05, 3.63) is 29.8 Å². The molecule has 0 saturated heterocycles. The normalized spacial score (nSPS) is 12.2. The van der Waals surface area contributed by atoms with Crippen LogP contribution in [0.5, 0.6) is 0 Å². The van der Waals surface area contributed by atoms with Crippen molar-refractivity contribution in [3.8, 4) is 0 Å². The Bertz CT molecular complexity index is 364. The molecule has 1 unspecified atom stereocenters. The van der Waals surface area contributed by atoms with Crippen LogP contribution in [0.3, 0.4) is 0 Å². The van der Waals surface area contributed by atoms with Crippen LogP contribution in [0.2, 0.25) is 0 Å². The number of para-hydroxylation sites is 1. The van der Waals surface area contributed by atoms with Gasteiger partial charge in [0.25, 0.3) is 0 Å². The third-order valence-electron chi connectivity index (χ3n) is 2.40. The van der Waals surface area contributed by atoms with Crippen LogP contribution in [0.1, 0.15) is 31.9 Å². The van der Waals surface area contributed by atoms with E-state index in [0.29, 0.717) is 19.6 Å². The highest BCUT2D eigenvalue weighted by molar-refractivity contribution is 5.91. The number of ether oxygens (including phenoxy) is 1. The third kappa shape index (κ3) is 4.54. The van der Waals surface area contributed by atoms with Gasteiger partial charge in [0.05, 0.1) is 13.0 Å². The molecular formula is C13H20N2O2. The lowest BCUT2D eigenvalue weighted by molar-refractivity contribution is -0.117. The number of nitrogens with two attached hydrogens (primary N) is 1. The molecule has 0 fully saturated rings. The van der Waals surface area contributed by atoms with Crippen molar-refractivity contribution in [1.82, 2.24) is 0 Å². The summed E-state index contributed by atoms with van der Waals surface area (Å²) in [5.74, 6) is -0.0495. The van der Waals surface area contributed by atoms with Gasteiger partial charge in [-0.05, 0) is 25.5 Å². The zero-order chi connectivity index (χ0) is 12.7. The van der Waals surface area contributed by atoms with Crippen LogP contribution in [0.4, 0.5) is 5.69 Å². The smallest absolute Gasteiger partial charge is 0.226 e. The minimum absolute atomic E-state index is 0.0495. The van der Waals surface area contributed by atoms with E-state index in [9.17, 15) is 4.79 Å². The molecule has 0 spiro atoms. The summed E-state index contributed by atoms with van der Waals surface area (Å²) in [5.41, 5.74) is 7.56. The van der Waals surface area contributed by atoms with Crippen LogP contribution in [0.15, 0.2) is 24.3 Å². The average Bonchev–Trinajstić information content (AvgIpc) is 2.29. The van der Waals surface area contributed by atoms with E-state index in [2.05, 4.69) is 5.32 Å². The van der Waals surface area contributed by atoms with Crippen molar-refractivity contribution in [2.24, 2.45) is 5.73 Å². The number of amides is 1. The van der Waals surface area contributed by atoms with Crippen LogP contribution in [0.25, 0.3) is 0 Å². The molecule has 0 aliphatic heterocycles. The number of hydrogen-bond acceptors (Lipinski definition) is 3. The van der Waals surface area contributed by atoms with Crippen molar-refractivity contribution >= 4 is 11.6 Å². The van der Waals surface area contributed by atoms with E-state index < -0.39 is 0 Å². The Morgan fingerprint density at radius 1 is 1.47 bits per heavy atom. The van der Waals surface area contributed by atoms with Gasteiger partial charge in [-0.25, -0.2) is 0 Å². The SMILES string of the molecule is CCOCCC(=O)Nc1ccccc1C(C)N. The largest absolute Gasteiger partial charge is 0.381 e. The quantitative estimate of drug-likeness (QED) is 0.743. The fourth-order valence-corrected chi connectivity index (χ4v) is 1.53. The highest BCUT2D eigenvalue weighted by Gasteiger charge is 2.08.